The fourth-order valence-electron chi connectivity index (χ4n) is 2.21. The van der Waals surface area contributed by atoms with Gasteiger partial charge >= 0.3 is 0 Å². The Balaban J connectivity index is 2.21. The smallest absolute Gasteiger partial charge is 0.253 e. The van der Waals surface area contributed by atoms with Crippen molar-refractivity contribution >= 4 is 29.3 Å². The van der Waals surface area contributed by atoms with Crippen molar-refractivity contribution in [3.05, 3.63) is 23.8 Å². The van der Waals surface area contributed by atoms with Gasteiger partial charge in [0.05, 0.1) is 35.9 Å². The summed E-state index contributed by atoms with van der Waals surface area (Å²) in [4.78, 5) is 26.8. The van der Waals surface area contributed by atoms with Crippen LogP contribution >= 0.6 is 11.8 Å². The van der Waals surface area contributed by atoms with Gasteiger partial charge in [-0.1, -0.05) is 0 Å². The Bertz CT molecular complexity index is 687. The van der Waals surface area contributed by atoms with E-state index in [9.17, 15) is 9.59 Å². The van der Waals surface area contributed by atoms with Crippen LogP contribution in [0.5, 0.6) is 0 Å². The lowest BCUT2D eigenvalue weighted by atomic mass is 10.1. The van der Waals surface area contributed by atoms with Crippen LogP contribution in [0.4, 0.5) is 5.69 Å². The summed E-state index contributed by atoms with van der Waals surface area (Å²) in [6.45, 7) is 2.39. The molecule has 23 heavy (non-hydrogen) atoms. The summed E-state index contributed by atoms with van der Waals surface area (Å²) in [5.74, 6) is -0.325. The molecular weight excluding hydrogens is 312 g/mol. The highest BCUT2D eigenvalue weighted by Gasteiger charge is 2.24. The van der Waals surface area contributed by atoms with E-state index in [2.05, 4.69) is 5.32 Å². The Morgan fingerprint density at radius 2 is 1.96 bits per heavy atom. The lowest BCUT2D eigenvalue weighted by Crippen LogP contribution is -2.33. The van der Waals surface area contributed by atoms with E-state index in [0.717, 1.165) is 4.90 Å². The first-order chi connectivity index (χ1) is 11.1. The number of thioether (sulfide) groups is 1. The second-order valence-corrected chi connectivity index (χ2v) is 6.45. The van der Waals surface area contributed by atoms with Crippen molar-refractivity contribution in [3.8, 4) is 12.1 Å². The maximum Gasteiger partial charge on any atom is 0.253 e. The van der Waals surface area contributed by atoms with E-state index in [-0.39, 0.29) is 43.0 Å². The SMILES string of the molecule is CC1Sc2ccc(C(=O)N(CCC#N)CCC#N)cc2NC1=O. The van der Waals surface area contributed by atoms with Crippen LogP contribution in [-0.4, -0.2) is 35.1 Å². The van der Waals surface area contributed by atoms with Crippen LogP contribution in [-0.2, 0) is 4.79 Å². The molecule has 1 aliphatic rings. The molecule has 0 aromatic heterocycles. The molecule has 0 spiro atoms. The van der Waals surface area contributed by atoms with E-state index in [1.165, 1.54) is 16.7 Å². The molecular formula is C16H16N4O2S. The number of nitriles is 2. The average Bonchev–Trinajstić information content (AvgIpc) is 2.55. The maximum absolute atomic E-state index is 12.6. The third kappa shape index (κ3) is 4.02. The summed E-state index contributed by atoms with van der Waals surface area (Å²) in [5.41, 5.74) is 1.07. The molecule has 1 aromatic carbocycles. The molecule has 7 heteroatoms. The average molecular weight is 328 g/mol. The summed E-state index contributed by atoms with van der Waals surface area (Å²) in [5, 5.41) is 20.0. The van der Waals surface area contributed by atoms with Crippen molar-refractivity contribution < 1.29 is 9.59 Å². The zero-order valence-corrected chi connectivity index (χ0v) is 13.5. The van der Waals surface area contributed by atoms with E-state index in [0.29, 0.717) is 11.3 Å². The number of carbonyl (C=O) groups is 2. The molecule has 118 valence electrons. The van der Waals surface area contributed by atoms with Gasteiger partial charge in [-0.25, -0.2) is 0 Å². The number of carbonyl (C=O) groups excluding carboxylic acids is 2. The van der Waals surface area contributed by atoms with Crippen LogP contribution in [0.15, 0.2) is 23.1 Å². The van der Waals surface area contributed by atoms with Crippen molar-refractivity contribution in [3.63, 3.8) is 0 Å². The number of fused-ring (bicyclic) bond motifs is 1. The lowest BCUT2D eigenvalue weighted by Gasteiger charge is -2.24. The summed E-state index contributed by atoms with van der Waals surface area (Å²) >= 11 is 1.45. The maximum atomic E-state index is 12.6. The summed E-state index contributed by atoms with van der Waals surface area (Å²) in [6.07, 6.45) is 0.429. The van der Waals surface area contributed by atoms with Gasteiger partial charge in [0.25, 0.3) is 5.91 Å². The fraction of sp³-hybridized carbons (Fsp3) is 0.375. The molecule has 1 aromatic rings. The molecule has 1 heterocycles. The number of hydrogen-bond donors (Lipinski definition) is 1. The molecule has 1 aliphatic heterocycles. The van der Waals surface area contributed by atoms with E-state index in [1.54, 1.807) is 12.1 Å². The minimum Gasteiger partial charge on any atom is -0.337 e. The number of nitrogens with zero attached hydrogens (tertiary/aromatic N) is 3. The molecule has 0 saturated carbocycles. The molecule has 0 aliphatic carbocycles. The predicted molar refractivity (Wildman–Crippen MR) is 86.8 cm³/mol. The number of benzene rings is 1. The predicted octanol–water partition coefficient (Wildman–Crippen LogP) is 2.39. The van der Waals surface area contributed by atoms with Gasteiger partial charge < -0.3 is 10.2 Å². The molecule has 0 saturated heterocycles. The molecule has 1 atom stereocenters. The van der Waals surface area contributed by atoms with Crippen LogP contribution in [0.25, 0.3) is 0 Å². The van der Waals surface area contributed by atoms with Crippen LogP contribution < -0.4 is 5.32 Å². The second kappa shape index (κ2) is 7.66. The van der Waals surface area contributed by atoms with Crippen molar-refractivity contribution in [1.29, 1.82) is 10.5 Å². The van der Waals surface area contributed by atoms with Gasteiger partial charge in [-0.3, -0.25) is 9.59 Å². The Morgan fingerprint density at radius 1 is 1.30 bits per heavy atom. The van der Waals surface area contributed by atoms with Gasteiger partial charge in [0.15, 0.2) is 0 Å². The summed E-state index contributed by atoms with van der Waals surface area (Å²) in [6, 6.07) is 9.19. The molecule has 2 rings (SSSR count). The standard InChI is InChI=1S/C16H16N4O2S/c1-11-15(21)19-13-10-12(4-5-14(13)23-11)16(22)20(8-2-6-17)9-3-7-18/h4-5,10-11H,2-3,8-9H2,1H3,(H,19,21). The zero-order valence-electron chi connectivity index (χ0n) is 12.7. The number of amides is 2. The van der Waals surface area contributed by atoms with Gasteiger partial charge in [0.1, 0.15) is 0 Å². The van der Waals surface area contributed by atoms with Crippen LogP contribution in [0.2, 0.25) is 0 Å². The highest BCUT2D eigenvalue weighted by molar-refractivity contribution is 8.00. The first-order valence-electron chi connectivity index (χ1n) is 7.21. The normalized spacial score (nSPS) is 15.8. The van der Waals surface area contributed by atoms with Crippen LogP contribution in [0.3, 0.4) is 0 Å². The summed E-state index contributed by atoms with van der Waals surface area (Å²) in [7, 11) is 0. The first kappa shape index (κ1) is 16.9. The van der Waals surface area contributed by atoms with Crippen molar-refractivity contribution in [1.82, 2.24) is 4.90 Å². The van der Waals surface area contributed by atoms with Crippen molar-refractivity contribution in [2.45, 2.75) is 29.9 Å². The Hall–Kier alpha value is -2.51. The van der Waals surface area contributed by atoms with E-state index >= 15 is 0 Å². The monoisotopic (exact) mass is 328 g/mol. The third-order valence-electron chi connectivity index (χ3n) is 3.43. The quantitative estimate of drug-likeness (QED) is 0.895. The lowest BCUT2D eigenvalue weighted by molar-refractivity contribution is -0.115. The number of hydrogen-bond acceptors (Lipinski definition) is 5. The highest BCUT2D eigenvalue weighted by atomic mass is 32.2. The molecule has 0 radical (unpaired) electrons. The molecule has 1 unspecified atom stereocenters. The number of anilines is 1. The topological polar surface area (TPSA) is 97.0 Å². The number of nitrogens with one attached hydrogen (secondary N) is 1. The van der Waals surface area contributed by atoms with Crippen LogP contribution in [0.1, 0.15) is 30.1 Å². The first-order valence-corrected chi connectivity index (χ1v) is 8.09. The third-order valence-corrected chi connectivity index (χ3v) is 4.61. The summed E-state index contributed by atoms with van der Waals surface area (Å²) < 4.78 is 0. The molecule has 6 nitrogen and oxygen atoms in total. The Morgan fingerprint density at radius 3 is 2.57 bits per heavy atom. The van der Waals surface area contributed by atoms with E-state index in [1.807, 2.05) is 25.1 Å². The van der Waals surface area contributed by atoms with Crippen molar-refractivity contribution in [2.24, 2.45) is 0 Å². The second-order valence-electron chi connectivity index (χ2n) is 5.07. The highest BCUT2D eigenvalue weighted by Crippen LogP contribution is 2.36. The minimum atomic E-state index is -0.240. The molecule has 0 bridgehead atoms. The van der Waals surface area contributed by atoms with Gasteiger partial charge in [0.2, 0.25) is 5.91 Å². The molecule has 2 amide bonds. The van der Waals surface area contributed by atoms with Gasteiger partial charge in [-0.05, 0) is 25.1 Å². The van der Waals surface area contributed by atoms with Gasteiger partial charge in [-0.2, -0.15) is 10.5 Å². The Kier molecular flexibility index (Phi) is 5.61. The Labute approximate surface area is 139 Å². The minimum absolute atomic E-state index is 0.0853. The van der Waals surface area contributed by atoms with E-state index in [4.69, 9.17) is 10.5 Å². The van der Waals surface area contributed by atoms with Gasteiger partial charge in [-0.15, -0.1) is 11.8 Å². The van der Waals surface area contributed by atoms with Gasteiger partial charge in [0, 0.05) is 23.5 Å². The molecule has 1 N–H and O–H groups in total. The fourth-order valence-corrected chi connectivity index (χ4v) is 3.14. The molecule has 0 fully saturated rings. The number of rotatable bonds is 5. The largest absolute Gasteiger partial charge is 0.337 e. The van der Waals surface area contributed by atoms with Crippen molar-refractivity contribution in [2.75, 3.05) is 18.4 Å². The van der Waals surface area contributed by atoms with E-state index < -0.39 is 0 Å². The zero-order chi connectivity index (χ0) is 16.8. The van der Waals surface area contributed by atoms with Crippen LogP contribution in [0, 0.1) is 22.7 Å².